The van der Waals surface area contributed by atoms with E-state index in [9.17, 15) is 0 Å². The Morgan fingerprint density at radius 3 is 2.69 bits per heavy atom. The van der Waals surface area contributed by atoms with E-state index in [2.05, 4.69) is 5.43 Å². The van der Waals surface area contributed by atoms with E-state index in [4.69, 9.17) is 21.9 Å². The second kappa shape index (κ2) is 4.70. The van der Waals surface area contributed by atoms with E-state index in [1.54, 1.807) is 0 Å². The van der Waals surface area contributed by atoms with Gasteiger partial charge in [-0.3, -0.25) is 5.84 Å². The number of nitrogens with one attached hydrogen (secondary N) is 1. The van der Waals surface area contributed by atoms with Crippen molar-refractivity contribution in [3.05, 3.63) is 58.5 Å². The zero-order valence-electron chi connectivity index (χ0n) is 8.91. The van der Waals surface area contributed by atoms with Crippen molar-refractivity contribution in [3.63, 3.8) is 0 Å². The molecule has 16 heavy (non-hydrogen) atoms. The van der Waals surface area contributed by atoms with E-state index in [0.29, 0.717) is 5.02 Å². The van der Waals surface area contributed by atoms with Gasteiger partial charge in [-0.1, -0.05) is 23.7 Å². The van der Waals surface area contributed by atoms with Gasteiger partial charge < -0.3 is 4.42 Å². The first-order valence-electron chi connectivity index (χ1n) is 4.98. The minimum Gasteiger partial charge on any atom is -0.464 e. The molecule has 0 fully saturated rings. The molecule has 0 aliphatic carbocycles. The third kappa shape index (κ3) is 2.27. The zero-order valence-corrected chi connectivity index (χ0v) is 9.66. The Morgan fingerprint density at radius 1 is 1.31 bits per heavy atom. The van der Waals surface area contributed by atoms with Gasteiger partial charge in [0, 0.05) is 5.02 Å². The van der Waals surface area contributed by atoms with Crippen LogP contribution in [-0.4, -0.2) is 0 Å². The summed E-state index contributed by atoms with van der Waals surface area (Å²) in [5.41, 5.74) is 3.70. The molecule has 3 nitrogen and oxygen atoms in total. The quantitative estimate of drug-likeness (QED) is 0.637. The van der Waals surface area contributed by atoms with Gasteiger partial charge in [0.05, 0.1) is 0 Å². The highest BCUT2D eigenvalue weighted by Gasteiger charge is 2.15. The molecule has 0 spiro atoms. The predicted molar refractivity (Wildman–Crippen MR) is 64.1 cm³/mol. The van der Waals surface area contributed by atoms with Crippen LogP contribution in [0.5, 0.6) is 0 Å². The Hall–Kier alpha value is -1.29. The van der Waals surface area contributed by atoms with Crippen molar-refractivity contribution in [2.75, 3.05) is 0 Å². The maximum absolute atomic E-state index is 5.94. The van der Waals surface area contributed by atoms with E-state index < -0.39 is 0 Å². The van der Waals surface area contributed by atoms with Crippen molar-refractivity contribution in [1.29, 1.82) is 0 Å². The van der Waals surface area contributed by atoms with Gasteiger partial charge in [-0.15, -0.1) is 0 Å². The molecule has 1 unspecified atom stereocenters. The SMILES string of the molecule is Cc1ccc(C(NN)c2cccc(Cl)c2)o1. The zero-order chi connectivity index (χ0) is 11.5. The van der Waals surface area contributed by atoms with Crippen molar-refractivity contribution >= 4 is 11.6 Å². The summed E-state index contributed by atoms with van der Waals surface area (Å²) in [4.78, 5) is 0. The number of hydrogen-bond donors (Lipinski definition) is 2. The van der Waals surface area contributed by atoms with Crippen LogP contribution in [0.4, 0.5) is 0 Å². The second-order valence-electron chi connectivity index (χ2n) is 3.60. The van der Waals surface area contributed by atoms with Crippen molar-refractivity contribution in [1.82, 2.24) is 5.43 Å². The normalized spacial score (nSPS) is 12.7. The third-order valence-electron chi connectivity index (χ3n) is 2.39. The minimum atomic E-state index is -0.174. The summed E-state index contributed by atoms with van der Waals surface area (Å²) in [6, 6.07) is 11.2. The number of halogens is 1. The van der Waals surface area contributed by atoms with E-state index in [1.807, 2.05) is 43.3 Å². The van der Waals surface area contributed by atoms with Crippen LogP contribution in [0.25, 0.3) is 0 Å². The largest absolute Gasteiger partial charge is 0.464 e. The Bertz CT molecular complexity index is 481. The van der Waals surface area contributed by atoms with Gasteiger partial charge in [0.15, 0.2) is 0 Å². The molecule has 84 valence electrons. The molecule has 0 saturated carbocycles. The number of furan rings is 1. The number of benzene rings is 1. The highest BCUT2D eigenvalue weighted by molar-refractivity contribution is 6.30. The van der Waals surface area contributed by atoms with Gasteiger partial charge in [-0.2, -0.15) is 0 Å². The predicted octanol–water partition coefficient (Wildman–Crippen LogP) is 2.79. The van der Waals surface area contributed by atoms with Gasteiger partial charge in [0.2, 0.25) is 0 Å². The van der Waals surface area contributed by atoms with E-state index in [1.165, 1.54) is 0 Å². The highest BCUT2D eigenvalue weighted by Crippen LogP contribution is 2.24. The third-order valence-corrected chi connectivity index (χ3v) is 2.63. The summed E-state index contributed by atoms with van der Waals surface area (Å²) in [6.07, 6.45) is 0. The molecule has 0 saturated heterocycles. The lowest BCUT2D eigenvalue weighted by molar-refractivity contribution is 0.435. The molecule has 2 aromatic rings. The number of aryl methyl sites for hydroxylation is 1. The monoisotopic (exact) mass is 236 g/mol. The summed E-state index contributed by atoms with van der Waals surface area (Å²) in [5, 5.41) is 0.682. The minimum absolute atomic E-state index is 0.174. The molecule has 0 bridgehead atoms. The standard InChI is InChI=1S/C12H13ClN2O/c1-8-5-6-11(16-8)12(15-14)9-3-2-4-10(13)7-9/h2-7,12,15H,14H2,1H3. The van der Waals surface area contributed by atoms with Gasteiger partial charge >= 0.3 is 0 Å². The average Bonchev–Trinajstić information content (AvgIpc) is 2.66. The fourth-order valence-electron chi connectivity index (χ4n) is 1.64. The van der Waals surface area contributed by atoms with Crippen LogP contribution < -0.4 is 11.3 Å². The first kappa shape index (κ1) is 11.2. The smallest absolute Gasteiger partial charge is 0.126 e. The van der Waals surface area contributed by atoms with Gasteiger partial charge in [-0.25, -0.2) is 5.43 Å². The Balaban J connectivity index is 2.36. The lowest BCUT2D eigenvalue weighted by Crippen LogP contribution is -2.28. The summed E-state index contributed by atoms with van der Waals surface area (Å²) < 4.78 is 5.55. The molecular formula is C12H13ClN2O. The van der Waals surface area contributed by atoms with Crippen LogP contribution in [0.3, 0.4) is 0 Å². The molecule has 4 heteroatoms. The molecule has 1 aromatic carbocycles. The van der Waals surface area contributed by atoms with Crippen LogP contribution in [0.15, 0.2) is 40.8 Å². The molecule has 0 aliphatic rings. The maximum Gasteiger partial charge on any atom is 0.126 e. The van der Waals surface area contributed by atoms with Crippen LogP contribution in [-0.2, 0) is 0 Å². The number of hydrazine groups is 1. The average molecular weight is 237 g/mol. The van der Waals surface area contributed by atoms with Crippen molar-refractivity contribution in [3.8, 4) is 0 Å². The molecule has 0 amide bonds. The van der Waals surface area contributed by atoms with E-state index >= 15 is 0 Å². The van der Waals surface area contributed by atoms with Crippen LogP contribution in [0.2, 0.25) is 5.02 Å². The summed E-state index contributed by atoms with van der Waals surface area (Å²) in [7, 11) is 0. The second-order valence-corrected chi connectivity index (χ2v) is 4.04. The molecule has 1 atom stereocenters. The van der Waals surface area contributed by atoms with E-state index in [0.717, 1.165) is 17.1 Å². The number of rotatable bonds is 3. The van der Waals surface area contributed by atoms with Gasteiger partial charge in [-0.05, 0) is 36.8 Å². The molecule has 0 aliphatic heterocycles. The Labute approximate surface area is 99.2 Å². The molecule has 3 N–H and O–H groups in total. The lowest BCUT2D eigenvalue weighted by atomic mass is 10.1. The number of hydrogen-bond acceptors (Lipinski definition) is 3. The fraction of sp³-hybridized carbons (Fsp3) is 0.167. The first-order valence-corrected chi connectivity index (χ1v) is 5.36. The van der Waals surface area contributed by atoms with Crippen molar-refractivity contribution in [2.45, 2.75) is 13.0 Å². The first-order chi connectivity index (χ1) is 7.70. The van der Waals surface area contributed by atoms with E-state index in [-0.39, 0.29) is 6.04 Å². The fourth-order valence-corrected chi connectivity index (χ4v) is 1.84. The van der Waals surface area contributed by atoms with Crippen LogP contribution >= 0.6 is 11.6 Å². The van der Waals surface area contributed by atoms with Crippen LogP contribution in [0.1, 0.15) is 23.1 Å². The molecule has 0 radical (unpaired) electrons. The Kier molecular flexibility index (Phi) is 3.29. The van der Waals surface area contributed by atoms with Gasteiger partial charge in [0.25, 0.3) is 0 Å². The summed E-state index contributed by atoms with van der Waals surface area (Å²) in [5.74, 6) is 7.18. The topological polar surface area (TPSA) is 51.2 Å². The maximum atomic E-state index is 5.94. The summed E-state index contributed by atoms with van der Waals surface area (Å²) >= 11 is 5.94. The van der Waals surface area contributed by atoms with Gasteiger partial charge in [0.1, 0.15) is 17.6 Å². The molecule has 1 heterocycles. The van der Waals surface area contributed by atoms with Crippen LogP contribution in [0, 0.1) is 6.92 Å². The highest BCUT2D eigenvalue weighted by atomic mass is 35.5. The van der Waals surface area contributed by atoms with Crippen molar-refractivity contribution < 1.29 is 4.42 Å². The summed E-state index contributed by atoms with van der Waals surface area (Å²) in [6.45, 7) is 1.90. The Morgan fingerprint density at radius 2 is 2.12 bits per heavy atom. The lowest BCUT2D eigenvalue weighted by Gasteiger charge is -2.13. The number of nitrogens with two attached hydrogens (primary N) is 1. The van der Waals surface area contributed by atoms with Crippen molar-refractivity contribution in [2.24, 2.45) is 5.84 Å². The molecule has 1 aromatic heterocycles. The molecular weight excluding hydrogens is 224 g/mol. The molecule has 2 rings (SSSR count).